The van der Waals surface area contributed by atoms with Crippen LogP contribution < -0.4 is 15.5 Å². The van der Waals surface area contributed by atoms with Crippen LogP contribution >= 0.6 is 0 Å². The minimum atomic E-state index is -2.57. The van der Waals surface area contributed by atoms with Crippen molar-refractivity contribution >= 4 is 17.7 Å². The molecule has 1 aliphatic carbocycles. The van der Waals surface area contributed by atoms with E-state index in [-0.39, 0.29) is 30.9 Å². The van der Waals surface area contributed by atoms with E-state index in [2.05, 4.69) is 21.8 Å². The van der Waals surface area contributed by atoms with Crippen molar-refractivity contribution < 1.29 is 13.5 Å². The molecule has 8 nitrogen and oxygen atoms in total. The molecule has 1 unspecified atom stereocenters. The lowest BCUT2D eigenvalue weighted by molar-refractivity contribution is -0.0855. The van der Waals surface area contributed by atoms with E-state index in [0.29, 0.717) is 38.7 Å². The lowest BCUT2D eigenvalue weighted by Crippen LogP contribution is -2.50. The van der Waals surface area contributed by atoms with E-state index < -0.39 is 5.92 Å². The maximum Gasteiger partial charge on any atom is 0.252 e. The minimum Gasteiger partial charge on any atom is -0.377 e. The third-order valence-electron chi connectivity index (χ3n) is 5.93. The van der Waals surface area contributed by atoms with Crippen LogP contribution in [0.5, 0.6) is 0 Å². The molecule has 5 rings (SSSR count). The maximum absolute atomic E-state index is 13.5. The second-order valence-corrected chi connectivity index (χ2v) is 7.98. The highest BCUT2D eigenvalue weighted by atomic mass is 19.3. The van der Waals surface area contributed by atoms with Crippen molar-refractivity contribution in [1.29, 1.82) is 0 Å². The second kappa shape index (κ2) is 6.72. The molecule has 2 fully saturated rings. The Morgan fingerprint density at radius 3 is 2.59 bits per heavy atom. The summed E-state index contributed by atoms with van der Waals surface area (Å²) in [7, 11) is 0. The van der Waals surface area contributed by atoms with Gasteiger partial charge in [0, 0.05) is 55.5 Å². The van der Waals surface area contributed by atoms with Gasteiger partial charge < -0.3 is 20.3 Å². The topological polar surface area (TPSA) is 93.3 Å². The summed E-state index contributed by atoms with van der Waals surface area (Å²) in [5, 5.41) is 0. The first-order chi connectivity index (χ1) is 13.9. The van der Waals surface area contributed by atoms with E-state index in [9.17, 15) is 8.78 Å². The largest absolute Gasteiger partial charge is 0.377 e. The average Bonchev–Trinajstić information content (AvgIpc) is 3.10. The minimum absolute atomic E-state index is 0.125. The highest BCUT2D eigenvalue weighted by Crippen LogP contribution is 2.45. The summed E-state index contributed by atoms with van der Waals surface area (Å²) in [6.07, 6.45) is 3.76. The summed E-state index contributed by atoms with van der Waals surface area (Å²) < 4.78 is 32.6. The van der Waals surface area contributed by atoms with Crippen molar-refractivity contribution in [3.8, 4) is 11.3 Å². The van der Waals surface area contributed by atoms with Gasteiger partial charge in [0.15, 0.2) is 0 Å². The predicted molar refractivity (Wildman–Crippen MR) is 104 cm³/mol. The normalized spacial score (nSPS) is 23.8. The Kier molecular flexibility index (Phi) is 4.27. The van der Waals surface area contributed by atoms with Gasteiger partial charge in [-0.15, -0.1) is 0 Å². The van der Waals surface area contributed by atoms with Gasteiger partial charge in [-0.2, -0.15) is 4.98 Å². The Morgan fingerprint density at radius 1 is 1.14 bits per heavy atom. The van der Waals surface area contributed by atoms with Crippen molar-refractivity contribution in [3.63, 3.8) is 0 Å². The molecule has 154 valence electrons. The number of alkyl halides is 2. The smallest absolute Gasteiger partial charge is 0.252 e. The number of ether oxygens (including phenoxy) is 1. The van der Waals surface area contributed by atoms with Crippen LogP contribution in [0.25, 0.3) is 11.3 Å². The molecule has 0 aromatic carbocycles. The summed E-state index contributed by atoms with van der Waals surface area (Å²) >= 11 is 0. The number of nitrogens with two attached hydrogens (primary N) is 1. The molecular formula is C19H23F2N7O. The van der Waals surface area contributed by atoms with Crippen LogP contribution in [0.1, 0.15) is 25.3 Å². The van der Waals surface area contributed by atoms with Crippen LogP contribution in [-0.4, -0.2) is 64.2 Å². The van der Waals surface area contributed by atoms with Crippen molar-refractivity contribution in [3.05, 3.63) is 18.0 Å². The standard InChI is InChI=1S/C19H23F2N7O/c1-11-10-29-5-4-27(11)18-25-15(12-8-23-17(22)24-9-12)14-2-3-28(16(14)26-18)13-6-19(20,21)7-13/h8-9,11,13H,2-7,10H2,1H3,(H2,22,23,24). The quantitative estimate of drug-likeness (QED) is 0.831. The second-order valence-electron chi connectivity index (χ2n) is 7.98. The van der Waals surface area contributed by atoms with Crippen molar-refractivity contribution in [2.45, 2.75) is 44.2 Å². The van der Waals surface area contributed by atoms with Crippen molar-refractivity contribution in [2.75, 3.05) is 41.8 Å². The Morgan fingerprint density at radius 2 is 1.90 bits per heavy atom. The summed E-state index contributed by atoms with van der Waals surface area (Å²) in [5.74, 6) is -1.04. The highest BCUT2D eigenvalue weighted by molar-refractivity contribution is 5.72. The molecule has 1 saturated heterocycles. The fourth-order valence-electron chi connectivity index (χ4n) is 4.32. The number of nitrogen functional groups attached to an aromatic ring is 1. The van der Waals surface area contributed by atoms with Gasteiger partial charge in [-0.05, 0) is 13.3 Å². The van der Waals surface area contributed by atoms with Crippen LogP contribution in [0.4, 0.5) is 26.5 Å². The van der Waals surface area contributed by atoms with E-state index in [1.165, 1.54) is 0 Å². The summed E-state index contributed by atoms with van der Waals surface area (Å²) in [5.41, 5.74) is 8.09. The van der Waals surface area contributed by atoms with Gasteiger partial charge in [-0.25, -0.2) is 23.7 Å². The number of aromatic nitrogens is 4. The summed E-state index contributed by atoms with van der Waals surface area (Å²) in [6.45, 7) is 4.60. The third-order valence-corrected chi connectivity index (χ3v) is 5.93. The molecule has 1 atom stereocenters. The van der Waals surface area contributed by atoms with Gasteiger partial charge in [0.1, 0.15) is 5.82 Å². The van der Waals surface area contributed by atoms with E-state index in [1.54, 1.807) is 12.4 Å². The zero-order valence-electron chi connectivity index (χ0n) is 16.2. The number of nitrogens with zero attached hydrogens (tertiary/aromatic N) is 6. The monoisotopic (exact) mass is 403 g/mol. The van der Waals surface area contributed by atoms with Crippen LogP contribution in [0, 0.1) is 0 Å². The van der Waals surface area contributed by atoms with Crippen LogP contribution in [0.15, 0.2) is 12.4 Å². The molecule has 4 heterocycles. The predicted octanol–water partition coefficient (Wildman–Crippen LogP) is 1.90. The molecule has 2 aliphatic heterocycles. The van der Waals surface area contributed by atoms with E-state index >= 15 is 0 Å². The van der Waals surface area contributed by atoms with Gasteiger partial charge >= 0.3 is 0 Å². The first-order valence-corrected chi connectivity index (χ1v) is 9.89. The molecule has 3 aliphatic rings. The fourth-order valence-corrected chi connectivity index (χ4v) is 4.32. The summed E-state index contributed by atoms with van der Waals surface area (Å²) in [4.78, 5) is 22.0. The molecule has 0 bridgehead atoms. The van der Waals surface area contributed by atoms with Crippen molar-refractivity contribution in [2.24, 2.45) is 0 Å². The van der Waals surface area contributed by atoms with Gasteiger partial charge in [0.25, 0.3) is 5.92 Å². The molecule has 0 spiro atoms. The van der Waals surface area contributed by atoms with Crippen LogP contribution in [0.3, 0.4) is 0 Å². The molecule has 1 saturated carbocycles. The molecule has 0 radical (unpaired) electrons. The molecular weight excluding hydrogens is 380 g/mol. The van der Waals surface area contributed by atoms with Crippen molar-refractivity contribution in [1.82, 2.24) is 19.9 Å². The third kappa shape index (κ3) is 3.25. The Bertz CT molecular complexity index is 916. The molecule has 2 aromatic heterocycles. The van der Waals surface area contributed by atoms with Crippen LogP contribution in [0.2, 0.25) is 0 Å². The molecule has 2 aromatic rings. The van der Waals surface area contributed by atoms with Gasteiger partial charge in [0.2, 0.25) is 11.9 Å². The van der Waals surface area contributed by atoms with Gasteiger partial charge in [-0.3, -0.25) is 0 Å². The van der Waals surface area contributed by atoms with E-state index in [1.807, 2.05) is 4.90 Å². The zero-order chi connectivity index (χ0) is 20.2. The molecule has 2 N–H and O–H groups in total. The van der Waals surface area contributed by atoms with Gasteiger partial charge in [0.05, 0.1) is 24.9 Å². The van der Waals surface area contributed by atoms with Gasteiger partial charge in [-0.1, -0.05) is 0 Å². The number of rotatable bonds is 3. The fraction of sp³-hybridized carbons (Fsp3) is 0.579. The Balaban J connectivity index is 1.58. The highest BCUT2D eigenvalue weighted by Gasteiger charge is 2.49. The number of halogens is 2. The van der Waals surface area contributed by atoms with E-state index in [4.69, 9.17) is 20.4 Å². The number of morpholine rings is 1. The number of fused-ring (bicyclic) bond motifs is 1. The summed E-state index contributed by atoms with van der Waals surface area (Å²) in [6, 6.07) is -0.0631. The first kappa shape index (κ1) is 18.4. The SMILES string of the molecule is CC1COCCN1c1nc(-c2cnc(N)nc2)c2c(n1)N(C1CC(F)(F)C1)CC2. The average molecular weight is 403 g/mol. The first-order valence-electron chi connectivity index (χ1n) is 9.89. The van der Waals surface area contributed by atoms with E-state index in [0.717, 1.165) is 22.6 Å². The number of hydrogen-bond donors (Lipinski definition) is 1. The zero-order valence-corrected chi connectivity index (χ0v) is 16.2. The lowest BCUT2D eigenvalue weighted by atomic mass is 9.87. The molecule has 29 heavy (non-hydrogen) atoms. The number of anilines is 3. The number of hydrogen-bond acceptors (Lipinski definition) is 8. The molecule has 0 amide bonds. The maximum atomic E-state index is 13.5. The Labute approximate surface area is 167 Å². The Hall–Kier alpha value is -2.62. The molecule has 10 heteroatoms. The van der Waals surface area contributed by atoms with Crippen LogP contribution in [-0.2, 0) is 11.2 Å². The lowest BCUT2D eigenvalue weighted by Gasteiger charge is -2.42.